The van der Waals surface area contributed by atoms with E-state index in [9.17, 15) is 24.9 Å². The van der Waals surface area contributed by atoms with Crippen molar-refractivity contribution >= 4 is 11.9 Å². The lowest BCUT2D eigenvalue weighted by Crippen LogP contribution is -2.78. The minimum Gasteiger partial charge on any atom is -0.416 e. The maximum atomic E-state index is 13.7. The number of aliphatic hydroxyl groups excluding tert-OH is 1. The van der Waals surface area contributed by atoms with Gasteiger partial charge in [0.2, 0.25) is 5.79 Å². The highest BCUT2D eigenvalue weighted by molar-refractivity contribution is 5.89. The number of morpholine rings is 1. The Morgan fingerprint density at radius 3 is 2.47 bits per heavy atom. The molecule has 0 aromatic carbocycles. The van der Waals surface area contributed by atoms with Crippen LogP contribution in [-0.4, -0.2) is 89.0 Å². The Hall–Kier alpha value is -1.52. The summed E-state index contributed by atoms with van der Waals surface area (Å²) in [5.41, 5.74) is -4.18. The van der Waals surface area contributed by atoms with E-state index >= 15 is 0 Å². The zero-order chi connectivity index (χ0) is 26.9. The fourth-order valence-corrected chi connectivity index (χ4v) is 7.14. The lowest BCUT2D eigenvalue weighted by Gasteiger charge is -2.67. The number of amides is 1. The first-order valence-corrected chi connectivity index (χ1v) is 13.3. The van der Waals surface area contributed by atoms with Gasteiger partial charge in [-0.2, -0.15) is 0 Å². The molecule has 9 heteroatoms. The van der Waals surface area contributed by atoms with Gasteiger partial charge in [0.15, 0.2) is 5.78 Å². The van der Waals surface area contributed by atoms with Gasteiger partial charge in [-0.3, -0.25) is 9.69 Å². The highest BCUT2D eigenvalue weighted by atomic mass is 16.7. The average Bonchev–Trinajstić information content (AvgIpc) is 2.80. The number of hydrogen-bond acceptors (Lipinski definition) is 8. The standard InChI is InChI=1S/C27H46N2O7/c1-7-18(2)16-21(31)27(34)19(3)17-20(30)22-24(4,5)8-9-26(33,25(22,27)6)36-23(32)28-10-11-29-12-14-35-15-13-29/h7,18-20,22,30,33-34H,1,8-17H2,2-6H3,(H,28,32)/t18-,19+,20-,22+,25-,26-,27+/m1/s1. The SMILES string of the molecule is C=C[C@@H](C)CC(=O)[C@@]1(O)[C@@H](C)C[C@@H](O)[C@H]2C(C)(C)CC[C@@](O)(OC(=O)NCCN3CCOCC3)[C@@]21C. The maximum absolute atomic E-state index is 13.7. The number of nitrogens with one attached hydrogen (secondary N) is 1. The van der Waals surface area contributed by atoms with Gasteiger partial charge >= 0.3 is 6.09 Å². The van der Waals surface area contributed by atoms with E-state index in [1.54, 1.807) is 19.9 Å². The molecule has 0 spiro atoms. The van der Waals surface area contributed by atoms with E-state index in [4.69, 9.17) is 9.47 Å². The molecular weight excluding hydrogens is 464 g/mol. The third-order valence-electron chi connectivity index (χ3n) is 9.27. The Labute approximate surface area is 215 Å². The van der Waals surface area contributed by atoms with E-state index in [1.807, 2.05) is 20.8 Å². The molecule has 2 saturated carbocycles. The number of Topliss-reactive ketones (excluding diaryl/α,β-unsaturated/α-hetero) is 1. The first-order chi connectivity index (χ1) is 16.7. The van der Waals surface area contributed by atoms with E-state index in [2.05, 4.69) is 16.8 Å². The number of hydrogen-bond donors (Lipinski definition) is 4. The number of nitrogens with zero attached hydrogens (tertiary/aromatic N) is 1. The Balaban J connectivity index is 1.91. The topological polar surface area (TPSA) is 129 Å². The van der Waals surface area contributed by atoms with Crippen molar-refractivity contribution in [2.45, 2.75) is 77.8 Å². The molecule has 0 aromatic heterocycles. The second kappa shape index (κ2) is 10.7. The number of rotatable bonds is 8. The molecule has 3 aliphatic rings. The highest BCUT2D eigenvalue weighted by Gasteiger charge is 2.76. The molecule has 1 amide bonds. The van der Waals surface area contributed by atoms with Crippen LogP contribution in [0.1, 0.15) is 60.3 Å². The highest BCUT2D eigenvalue weighted by Crippen LogP contribution is 2.66. The lowest BCUT2D eigenvalue weighted by atomic mass is 9.41. The number of ketones is 1. The molecule has 1 aliphatic heterocycles. The summed E-state index contributed by atoms with van der Waals surface area (Å²) in [7, 11) is 0. The van der Waals surface area contributed by atoms with Crippen LogP contribution in [-0.2, 0) is 14.3 Å². The van der Waals surface area contributed by atoms with Gasteiger partial charge in [0, 0.05) is 44.9 Å². The van der Waals surface area contributed by atoms with Gasteiger partial charge in [-0.15, -0.1) is 6.58 Å². The second-order valence-electron chi connectivity index (χ2n) is 12.0. The van der Waals surface area contributed by atoms with Gasteiger partial charge in [0.1, 0.15) is 5.60 Å². The molecule has 36 heavy (non-hydrogen) atoms. The third kappa shape index (κ3) is 4.97. The minimum atomic E-state index is -2.16. The van der Waals surface area contributed by atoms with Crippen molar-refractivity contribution in [1.29, 1.82) is 0 Å². The van der Waals surface area contributed by atoms with E-state index in [0.29, 0.717) is 32.7 Å². The second-order valence-corrected chi connectivity index (χ2v) is 12.0. The van der Waals surface area contributed by atoms with Crippen LogP contribution in [0, 0.1) is 28.6 Å². The number of ether oxygens (including phenoxy) is 2. The minimum absolute atomic E-state index is 0.0327. The largest absolute Gasteiger partial charge is 0.416 e. The number of aliphatic hydroxyl groups is 3. The van der Waals surface area contributed by atoms with E-state index in [0.717, 1.165) is 13.1 Å². The predicted octanol–water partition coefficient (Wildman–Crippen LogP) is 2.09. The molecular formula is C27H46N2O7. The monoisotopic (exact) mass is 510 g/mol. The van der Waals surface area contributed by atoms with Gasteiger partial charge < -0.3 is 30.1 Å². The Bertz CT molecular complexity index is 829. The zero-order valence-corrected chi connectivity index (χ0v) is 22.6. The first-order valence-electron chi connectivity index (χ1n) is 13.3. The summed E-state index contributed by atoms with van der Waals surface area (Å²) in [4.78, 5) is 28.8. The fourth-order valence-electron chi connectivity index (χ4n) is 7.14. The van der Waals surface area contributed by atoms with Crippen LogP contribution in [0.4, 0.5) is 4.79 Å². The number of fused-ring (bicyclic) bond motifs is 1. The Morgan fingerprint density at radius 2 is 1.86 bits per heavy atom. The summed E-state index contributed by atoms with van der Waals surface area (Å²) in [5.74, 6) is -4.12. The van der Waals surface area contributed by atoms with Crippen LogP contribution < -0.4 is 5.32 Å². The van der Waals surface area contributed by atoms with Crippen LogP contribution >= 0.6 is 0 Å². The van der Waals surface area contributed by atoms with Crippen molar-refractivity contribution in [2.75, 3.05) is 39.4 Å². The van der Waals surface area contributed by atoms with Gasteiger partial charge in [0.05, 0.1) is 24.7 Å². The number of allylic oxidation sites excluding steroid dienone is 1. The molecule has 3 rings (SSSR count). The summed E-state index contributed by atoms with van der Waals surface area (Å²) < 4.78 is 11.1. The van der Waals surface area contributed by atoms with Gasteiger partial charge in [-0.1, -0.05) is 33.8 Å². The summed E-state index contributed by atoms with van der Waals surface area (Å²) in [5, 5.41) is 38.3. The van der Waals surface area contributed by atoms with Crippen LogP contribution in [0.25, 0.3) is 0 Å². The van der Waals surface area contributed by atoms with Crippen molar-refractivity contribution in [3.63, 3.8) is 0 Å². The van der Waals surface area contributed by atoms with E-state index in [1.165, 1.54) is 0 Å². The molecule has 0 bridgehead atoms. The predicted molar refractivity (Wildman–Crippen MR) is 135 cm³/mol. The van der Waals surface area contributed by atoms with E-state index < -0.39 is 52.0 Å². The van der Waals surface area contributed by atoms with Crippen molar-refractivity contribution in [2.24, 2.45) is 28.6 Å². The van der Waals surface area contributed by atoms with Crippen molar-refractivity contribution in [1.82, 2.24) is 10.2 Å². The molecule has 4 N–H and O–H groups in total. The molecule has 3 fully saturated rings. The lowest BCUT2D eigenvalue weighted by molar-refractivity contribution is -0.361. The number of carbonyl (C=O) groups excluding carboxylic acids is 2. The fraction of sp³-hybridized carbons (Fsp3) is 0.852. The Kier molecular flexibility index (Phi) is 8.62. The van der Waals surface area contributed by atoms with Crippen LogP contribution in [0.15, 0.2) is 12.7 Å². The average molecular weight is 511 g/mol. The molecule has 1 heterocycles. The molecule has 0 unspecified atom stereocenters. The van der Waals surface area contributed by atoms with Gasteiger partial charge in [-0.25, -0.2) is 4.79 Å². The van der Waals surface area contributed by atoms with Crippen molar-refractivity contribution < 1.29 is 34.4 Å². The normalized spacial score (nSPS) is 39.5. The van der Waals surface area contributed by atoms with Crippen molar-refractivity contribution in [3.05, 3.63) is 12.7 Å². The smallest absolute Gasteiger partial charge is 0.409 e. The zero-order valence-electron chi connectivity index (χ0n) is 22.6. The molecule has 0 aromatic rings. The molecule has 7 atom stereocenters. The van der Waals surface area contributed by atoms with Gasteiger partial charge in [-0.05, 0) is 37.0 Å². The molecule has 2 aliphatic carbocycles. The third-order valence-corrected chi connectivity index (χ3v) is 9.27. The molecule has 206 valence electrons. The summed E-state index contributed by atoms with van der Waals surface area (Å²) in [6.45, 7) is 16.6. The summed E-state index contributed by atoms with van der Waals surface area (Å²) in [6.07, 6.45) is 0.677. The Morgan fingerprint density at radius 1 is 1.22 bits per heavy atom. The number of alkyl carbamates (subject to hydrolysis) is 1. The summed E-state index contributed by atoms with van der Waals surface area (Å²) in [6, 6.07) is 0. The van der Waals surface area contributed by atoms with Crippen LogP contribution in [0.5, 0.6) is 0 Å². The maximum Gasteiger partial charge on any atom is 0.409 e. The molecule has 1 saturated heterocycles. The van der Waals surface area contributed by atoms with Gasteiger partial charge in [0.25, 0.3) is 0 Å². The van der Waals surface area contributed by atoms with Crippen molar-refractivity contribution in [3.8, 4) is 0 Å². The van der Waals surface area contributed by atoms with Crippen LogP contribution in [0.3, 0.4) is 0 Å². The summed E-state index contributed by atoms with van der Waals surface area (Å²) >= 11 is 0. The molecule has 0 radical (unpaired) electrons. The van der Waals surface area contributed by atoms with Crippen LogP contribution in [0.2, 0.25) is 0 Å². The first kappa shape index (κ1) is 29.0. The number of carbonyl (C=O) groups is 2. The quantitative estimate of drug-likeness (QED) is 0.289. The molecule has 9 nitrogen and oxygen atoms in total. The van der Waals surface area contributed by atoms with E-state index in [-0.39, 0.29) is 25.2 Å².